The first kappa shape index (κ1) is 9.66. The standard InChI is InChI=1S/C11H9ClN2O2/c12-11-13-9-7(2-1-3-8(9)15)10(16)14(11)6-4-5-6/h1-3,6,15H,4-5H2. The van der Waals surface area contributed by atoms with Gasteiger partial charge in [0.1, 0.15) is 11.3 Å². The van der Waals surface area contributed by atoms with Crippen molar-refractivity contribution >= 4 is 22.5 Å². The van der Waals surface area contributed by atoms with Crippen molar-refractivity contribution in [3.63, 3.8) is 0 Å². The van der Waals surface area contributed by atoms with E-state index in [-0.39, 0.29) is 28.2 Å². The van der Waals surface area contributed by atoms with E-state index >= 15 is 0 Å². The van der Waals surface area contributed by atoms with E-state index in [1.807, 2.05) is 0 Å². The molecule has 1 heterocycles. The van der Waals surface area contributed by atoms with Crippen LogP contribution in [0.2, 0.25) is 5.28 Å². The third-order valence-corrected chi connectivity index (χ3v) is 3.05. The van der Waals surface area contributed by atoms with E-state index in [1.165, 1.54) is 10.6 Å². The number of benzene rings is 1. The Morgan fingerprint density at radius 2 is 2.19 bits per heavy atom. The van der Waals surface area contributed by atoms with Gasteiger partial charge in [-0.25, -0.2) is 4.98 Å². The summed E-state index contributed by atoms with van der Waals surface area (Å²) in [6, 6.07) is 4.96. The van der Waals surface area contributed by atoms with Crippen molar-refractivity contribution in [1.29, 1.82) is 0 Å². The molecule has 1 aliphatic rings. The van der Waals surface area contributed by atoms with Crippen LogP contribution in [0.4, 0.5) is 0 Å². The van der Waals surface area contributed by atoms with Gasteiger partial charge in [0, 0.05) is 6.04 Å². The monoisotopic (exact) mass is 236 g/mol. The number of phenols is 1. The maximum Gasteiger partial charge on any atom is 0.262 e. The van der Waals surface area contributed by atoms with Gasteiger partial charge in [0.15, 0.2) is 0 Å². The molecule has 0 spiro atoms. The number of hydrogen-bond acceptors (Lipinski definition) is 3. The molecule has 1 aromatic carbocycles. The second kappa shape index (κ2) is 3.22. The van der Waals surface area contributed by atoms with Gasteiger partial charge in [-0.15, -0.1) is 0 Å². The molecule has 2 aromatic rings. The molecule has 0 saturated heterocycles. The predicted molar refractivity (Wildman–Crippen MR) is 60.9 cm³/mol. The summed E-state index contributed by atoms with van der Waals surface area (Å²) < 4.78 is 1.50. The van der Waals surface area contributed by atoms with E-state index in [0.717, 1.165) is 12.8 Å². The molecule has 3 rings (SSSR count). The van der Waals surface area contributed by atoms with Gasteiger partial charge < -0.3 is 5.11 Å². The molecule has 0 bridgehead atoms. The van der Waals surface area contributed by atoms with Crippen LogP contribution in [-0.2, 0) is 0 Å². The number of rotatable bonds is 1. The highest BCUT2D eigenvalue weighted by Gasteiger charge is 2.28. The van der Waals surface area contributed by atoms with Gasteiger partial charge in [-0.05, 0) is 36.6 Å². The summed E-state index contributed by atoms with van der Waals surface area (Å²) in [6.07, 6.45) is 1.93. The zero-order chi connectivity index (χ0) is 11.3. The van der Waals surface area contributed by atoms with Gasteiger partial charge >= 0.3 is 0 Å². The van der Waals surface area contributed by atoms with E-state index in [4.69, 9.17) is 11.6 Å². The molecule has 0 unspecified atom stereocenters. The van der Waals surface area contributed by atoms with E-state index in [0.29, 0.717) is 5.39 Å². The molecule has 1 N–H and O–H groups in total. The lowest BCUT2D eigenvalue weighted by Gasteiger charge is -2.08. The minimum absolute atomic E-state index is 0.0144. The predicted octanol–water partition coefficient (Wildman–Crippen LogP) is 2.09. The number of nitrogens with zero attached hydrogens (tertiary/aromatic N) is 2. The van der Waals surface area contributed by atoms with Crippen molar-refractivity contribution in [1.82, 2.24) is 9.55 Å². The van der Waals surface area contributed by atoms with E-state index in [1.54, 1.807) is 12.1 Å². The molecule has 1 fully saturated rings. The van der Waals surface area contributed by atoms with Gasteiger partial charge in [0.2, 0.25) is 5.28 Å². The molecule has 1 aliphatic carbocycles. The molecule has 0 radical (unpaired) electrons. The normalized spacial score (nSPS) is 15.6. The Bertz CT molecular complexity index is 632. The lowest BCUT2D eigenvalue weighted by Crippen LogP contribution is -2.21. The zero-order valence-electron chi connectivity index (χ0n) is 8.35. The third kappa shape index (κ3) is 1.30. The van der Waals surface area contributed by atoms with Crippen molar-refractivity contribution in [2.24, 2.45) is 0 Å². The van der Waals surface area contributed by atoms with Crippen molar-refractivity contribution < 1.29 is 5.11 Å². The van der Waals surface area contributed by atoms with Crippen LogP contribution < -0.4 is 5.56 Å². The highest BCUT2D eigenvalue weighted by atomic mass is 35.5. The molecule has 4 nitrogen and oxygen atoms in total. The number of fused-ring (bicyclic) bond motifs is 1. The molecule has 0 amide bonds. The summed E-state index contributed by atoms with van der Waals surface area (Å²) in [5.74, 6) is -0.0144. The first-order valence-corrected chi connectivity index (χ1v) is 5.46. The fraction of sp³-hybridized carbons (Fsp3) is 0.273. The number of aromatic hydroxyl groups is 1. The maximum absolute atomic E-state index is 12.1. The number of aromatic nitrogens is 2. The molecule has 1 saturated carbocycles. The minimum Gasteiger partial charge on any atom is -0.506 e. The highest BCUT2D eigenvalue weighted by Crippen LogP contribution is 2.36. The maximum atomic E-state index is 12.1. The van der Waals surface area contributed by atoms with Crippen LogP contribution in [0, 0.1) is 0 Å². The Hall–Kier alpha value is -1.55. The molecule has 5 heteroatoms. The SMILES string of the molecule is O=c1c2cccc(O)c2nc(Cl)n1C1CC1. The highest BCUT2D eigenvalue weighted by molar-refractivity contribution is 6.28. The van der Waals surface area contributed by atoms with E-state index in [9.17, 15) is 9.90 Å². The van der Waals surface area contributed by atoms with Crippen LogP contribution in [0.15, 0.2) is 23.0 Å². The first-order chi connectivity index (χ1) is 7.68. The molecule has 0 atom stereocenters. The van der Waals surface area contributed by atoms with Crippen LogP contribution in [0.5, 0.6) is 5.75 Å². The summed E-state index contributed by atoms with van der Waals surface area (Å²) in [7, 11) is 0. The van der Waals surface area contributed by atoms with Gasteiger partial charge in [-0.1, -0.05) is 6.07 Å². The van der Waals surface area contributed by atoms with Gasteiger partial charge in [-0.3, -0.25) is 9.36 Å². The summed E-state index contributed by atoms with van der Waals surface area (Å²) >= 11 is 5.96. The van der Waals surface area contributed by atoms with E-state index < -0.39 is 0 Å². The molecule has 0 aliphatic heterocycles. The summed E-state index contributed by atoms with van der Waals surface area (Å²) in [6.45, 7) is 0. The number of para-hydroxylation sites is 1. The largest absolute Gasteiger partial charge is 0.506 e. The quantitative estimate of drug-likeness (QED) is 0.772. The number of hydrogen-bond donors (Lipinski definition) is 1. The average Bonchev–Trinajstić information content (AvgIpc) is 3.04. The topological polar surface area (TPSA) is 55.1 Å². The van der Waals surface area contributed by atoms with Crippen LogP contribution in [0.1, 0.15) is 18.9 Å². The number of halogens is 1. The van der Waals surface area contributed by atoms with Crippen LogP contribution in [-0.4, -0.2) is 14.7 Å². The molecule has 16 heavy (non-hydrogen) atoms. The first-order valence-electron chi connectivity index (χ1n) is 5.08. The lowest BCUT2D eigenvalue weighted by atomic mass is 10.2. The Kier molecular flexibility index (Phi) is 1.94. The summed E-state index contributed by atoms with van der Waals surface area (Å²) in [5.41, 5.74) is 0.0998. The zero-order valence-corrected chi connectivity index (χ0v) is 9.11. The second-order valence-electron chi connectivity index (χ2n) is 3.96. The van der Waals surface area contributed by atoms with Gasteiger partial charge in [0.05, 0.1) is 5.39 Å². The molecule has 1 aromatic heterocycles. The Morgan fingerprint density at radius 3 is 2.88 bits per heavy atom. The third-order valence-electron chi connectivity index (χ3n) is 2.78. The van der Waals surface area contributed by atoms with Crippen molar-refractivity contribution in [2.75, 3.05) is 0 Å². The van der Waals surface area contributed by atoms with E-state index in [2.05, 4.69) is 4.98 Å². The minimum atomic E-state index is -0.173. The van der Waals surface area contributed by atoms with Gasteiger partial charge in [0.25, 0.3) is 5.56 Å². The second-order valence-corrected chi connectivity index (χ2v) is 4.30. The summed E-state index contributed by atoms with van der Waals surface area (Å²) in [5, 5.41) is 10.2. The smallest absolute Gasteiger partial charge is 0.262 e. The van der Waals surface area contributed by atoms with Crippen LogP contribution >= 0.6 is 11.6 Å². The Morgan fingerprint density at radius 1 is 1.44 bits per heavy atom. The van der Waals surface area contributed by atoms with Crippen LogP contribution in [0.25, 0.3) is 10.9 Å². The lowest BCUT2D eigenvalue weighted by molar-refractivity contribution is 0.480. The number of phenolic OH excluding ortho intramolecular Hbond substituents is 1. The van der Waals surface area contributed by atoms with Crippen molar-refractivity contribution in [3.05, 3.63) is 33.8 Å². The van der Waals surface area contributed by atoms with Crippen molar-refractivity contribution in [2.45, 2.75) is 18.9 Å². The molecular formula is C11H9ClN2O2. The molecular weight excluding hydrogens is 228 g/mol. The molecule has 82 valence electrons. The average molecular weight is 237 g/mol. The Labute approximate surface area is 96.1 Å². The summed E-state index contributed by atoms with van der Waals surface area (Å²) in [4.78, 5) is 16.2. The van der Waals surface area contributed by atoms with Gasteiger partial charge in [-0.2, -0.15) is 0 Å². The fourth-order valence-electron chi connectivity index (χ4n) is 1.83. The fourth-order valence-corrected chi connectivity index (χ4v) is 2.13. The Balaban J connectivity index is 2.43. The van der Waals surface area contributed by atoms with Crippen LogP contribution in [0.3, 0.4) is 0 Å². The van der Waals surface area contributed by atoms with Crippen molar-refractivity contribution in [3.8, 4) is 5.75 Å².